The highest BCUT2D eigenvalue weighted by atomic mass is 127. The molecule has 170 valence electrons. The summed E-state index contributed by atoms with van der Waals surface area (Å²) in [4.78, 5) is 10.9. The lowest BCUT2D eigenvalue weighted by Gasteiger charge is -2.20. The fourth-order valence-electron chi connectivity index (χ4n) is 3.45. The second-order valence-electron chi connectivity index (χ2n) is 7.00. The van der Waals surface area contributed by atoms with Gasteiger partial charge in [0.25, 0.3) is 0 Å². The maximum atomic E-state index is 14.0. The normalized spacial score (nSPS) is 15.9. The maximum absolute atomic E-state index is 14.0. The Balaban J connectivity index is 0.00000341. The molecular formula is C22H31FIN5O2. The quantitative estimate of drug-likeness (QED) is 0.302. The van der Waals surface area contributed by atoms with Crippen LogP contribution in [0, 0.1) is 5.82 Å². The van der Waals surface area contributed by atoms with Crippen molar-refractivity contribution in [3.05, 3.63) is 47.9 Å². The molecule has 2 N–H and O–H groups in total. The number of anilines is 1. The Hall–Kier alpha value is -2.30. The smallest absolute Gasteiger partial charge is 0.191 e. The maximum Gasteiger partial charge on any atom is 0.191 e. The summed E-state index contributed by atoms with van der Waals surface area (Å²) >= 11 is 0. The number of hydrogen-bond donors (Lipinski definition) is 2. The first-order chi connectivity index (χ1) is 14.6. The zero-order valence-electron chi connectivity index (χ0n) is 18.2. The standard InChI is InChI=1S/C22H30FN5O2.HI/c1-4-24-22(26-14-16-8-9-19(29-3)20(13-16)30-5-2)27-17-10-12-28(15-17)21-18(23)7-6-11-25-21;/h6-9,11,13,17H,4-5,10,12,14-15H2,1-3H3,(H2,24,26,27);1H. The van der Waals surface area contributed by atoms with Gasteiger partial charge < -0.3 is 25.0 Å². The van der Waals surface area contributed by atoms with E-state index >= 15 is 0 Å². The molecule has 2 heterocycles. The minimum Gasteiger partial charge on any atom is -0.493 e. The second-order valence-corrected chi connectivity index (χ2v) is 7.00. The molecule has 0 aliphatic carbocycles. The molecule has 1 saturated heterocycles. The Morgan fingerprint density at radius 1 is 1.29 bits per heavy atom. The number of benzene rings is 1. The van der Waals surface area contributed by atoms with Gasteiger partial charge in [-0.1, -0.05) is 6.07 Å². The predicted octanol–water partition coefficient (Wildman–Crippen LogP) is 3.58. The molecular weight excluding hydrogens is 512 g/mol. The van der Waals surface area contributed by atoms with Gasteiger partial charge in [-0.2, -0.15) is 0 Å². The number of aromatic nitrogens is 1. The van der Waals surface area contributed by atoms with Crippen LogP contribution >= 0.6 is 24.0 Å². The molecule has 1 unspecified atom stereocenters. The number of aliphatic imine (C=N–C) groups is 1. The average Bonchev–Trinajstić information content (AvgIpc) is 3.21. The molecule has 0 radical (unpaired) electrons. The van der Waals surface area contributed by atoms with E-state index in [-0.39, 0.29) is 35.8 Å². The van der Waals surface area contributed by atoms with Crippen molar-refractivity contribution < 1.29 is 13.9 Å². The first-order valence-electron chi connectivity index (χ1n) is 10.3. The van der Waals surface area contributed by atoms with Crippen LogP contribution in [0.5, 0.6) is 11.5 Å². The lowest BCUT2D eigenvalue weighted by Crippen LogP contribution is -2.44. The fraction of sp³-hybridized carbons (Fsp3) is 0.455. The van der Waals surface area contributed by atoms with E-state index in [2.05, 4.69) is 15.6 Å². The molecule has 31 heavy (non-hydrogen) atoms. The van der Waals surface area contributed by atoms with Crippen molar-refractivity contribution in [2.75, 3.05) is 38.3 Å². The van der Waals surface area contributed by atoms with E-state index in [1.54, 1.807) is 19.4 Å². The van der Waals surface area contributed by atoms with E-state index in [4.69, 9.17) is 14.5 Å². The van der Waals surface area contributed by atoms with Crippen LogP contribution in [0.4, 0.5) is 10.2 Å². The molecule has 1 aromatic carbocycles. The SMILES string of the molecule is CCNC(=NCc1ccc(OC)c(OCC)c1)NC1CCN(c2ncccc2F)C1.I. The zero-order valence-corrected chi connectivity index (χ0v) is 20.6. The van der Waals surface area contributed by atoms with Crippen molar-refractivity contribution in [3.8, 4) is 11.5 Å². The van der Waals surface area contributed by atoms with Crippen molar-refractivity contribution in [2.24, 2.45) is 4.99 Å². The summed E-state index contributed by atoms with van der Waals surface area (Å²) < 4.78 is 25.0. The highest BCUT2D eigenvalue weighted by Crippen LogP contribution is 2.28. The first-order valence-corrected chi connectivity index (χ1v) is 10.3. The highest BCUT2D eigenvalue weighted by Gasteiger charge is 2.25. The minimum absolute atomic E-state index is 0. The van der Waals surface area contributed by atoms with Crippen LogP contribution in [0.1, 0.15) is 25.8 Å². The van der Waals surface area contributed by atoms with E-state index in [9.17, 15) is 4.39 Å². The number of guanidine groups is 1. The third-order valence-electron chi connectivity index (χ3n) is 4.86. The van der Waals surface area contributed by atoms with Crippen LogP contribution < -0.4 is 25.0 Å². The molecule has 3 rings (SSSR count). The molecule has 0 amide bonds. The van der Waals surface area contributed by atoms with Gasteiger partial charge >= 0.3 is 0 Å². The van der Waals surface area contributed by atoms with Crippen molar-refractivity contribution in [1.29, 1.82) is 0 Å². The number of ether oxygens (including phenoxy) is 2. The number of halogens is 2. The van der Waals surface area contributed by atoms with Crippen molar-refractivity contribution in [3.63, 3.8) is 0 Å². The molecule has 1 aliphatic heterocycles. The van der Waals surface area contributed by atoms with Crippen LogP contribution in [-0.2, 0) is 6.54 Å². The zero-order chi connectivity index (χ0) is 21.3. The average molecular weight is 543 g/mol. The van der Waals surface area contributed by atoms with Crippen molar-refractivity contribution in [2.45, 2.75) is 32.9 Å². The number of nitrogens with zero attached hydrogens (tertiary/aromatic N) is 3. The van der Waals surface area contributed by atoms with E-state index in [1.807, 2.05) is 36.9 Å². The van der Waals surface area contributed by atoms with Crippen molar-refractivity contribution in [1.82, 2.24) is 15.6 Å². The van der Waals surface area contributed by atoms with Crippen LogP contribution in [0.25, 0.3) is 0 Å². The Morgan fingerprint density at radius 3 is 2.84 bits per heavy atom. The molecule has 7 nitrogen and oxygen atoms in total. The van der Waals surface area contributed by atoms with Gasteiger partial charge in [-0.3, -0.25) is 0 Å². The summed E-state index contributed by atoms with van der Waals surface area (Å²) in [6.07, 6.45) is 2.51. The summed E-state index contributed by atoms with van der Waals surface area (Å²) in [6, 6.07) is 9.05. The Labute approximate surface area is 200 Å². The van der Waals surface area contributed by atoms with Gasteiger partial charge in [-0.05, 0) is 50.1 Å². The number of hydrogen-bond acceptors (Lipinski definition) is 5. The lowest BCUT2D eigenvalue weighted by molar-refractivity contribution is 0.310. The predicted molar refractivity (Wildman–Crippen MR) is 132 cm³/mol. The number of rotatable bonds is 8. The van der Waals surface area contributed by atoms with Gasteiger partial charge in [0.05, 0.1) is 20.3 Å². The lowest BCUT2D eigenvalue weighted by atomic mass is 10.2. The number of nitrogens with one attached hydrogen (secondary N) is 2. The van der Waals surface area contributed by atoms with Gasteiger partial charge in [0, 0.05) is 31.9 Å². The van der Waals surface area contributed by atoms with Crippen LogP contribution in [0.15, 0.2) is 41.5 Å². The van der Waals surface area contributed by atoms with Gasteiger partial charge in [0.1, 0.15) is 0 Å². The summed E-state index contributed by atoms with van der Waals surface area (Å²) in [5.74, 6) is 2.28. The third kappa shape index (κ3) is 6.84. The van der Waals surface area contributed by atoms with Crippen LogP contribution in [-0.4, -0.2) is 50.3 Å². The molecule has 0 spiro atoms. The van der Waals surface area contributed by atoms with Gasteiger partial charge in [0.15, 0.2) is 29.1 Å². The Morgan fingerprint density at radius 2 is 2.13 bits per heavy atom. The molecule has 0 saturated carbocycles. The van der Waals surface area contributed by atoms with Crippen LogP contribution in [0.3, 0.4) is 0 Å². The first kappa shape index (κ1) is 25.0. The summed E-state index contributed by atoms with van der Waals surface area (Å²) in [6.45, 7) is 7.23. The van der Waals surface area contributed by atoms with Crippen LogP contribution in [0.2, 0.25) is 0 Å². The molecule has 1 fully saturated rings. The van der Waals surface area contributed by atoms with E-state index in [0.29, 0.717) is 31.3 Å². The van der Waals surface area contributed by atoms with E-state index in [1.165, 1.54) is 6.07 Å². The molecule has 1 aliphatic rings. The topological polar surface area (TPSA) is 71.0 Å². The minimum atomic E-state index is -0.289. The molecule has 0 bridgehead atoms. The number of pyridine rings is 1. The Bertz CT molecular complexity index is 868. The van der Waals surface area contributed by atoms with Gasteiger partial charge in [0.2, 0.25) is 0 Å². The molecule has 9 heteroatoms. The second kappa shape index (κ2) is 12.5. The summed E-state index contributed by atoms with van der Waals surface area (Å²) in [7, 11) is 1.63. The summed E-state index contributed by atoms with van der Waals surface area (Å²) in [5, 5.41) is 6.74. The van der Waals surface area contributed by atoms with Gasteiger partial charge in [-0.25, -0.2) is 14.4 Å². The monoisotopic (exact) mass is 543 g/mol. The third-order valence-corrected chi connectivity index (χ3v) is 4.86. The fourth-order valence-corrected chi connectivity index (χ4v) is 3.45. The van der Waals surface area contributed by atoms with Gasteiger partial charge in [-0.15, -0.1) is 24.0 Å². The van der Waals surface area contributed by atoms with E-state index in [0.717, 1.165) is 36.8 Å². The number of methoxy groups -OCH3 is 1. The largest absolute Gasteiger partial charge is 0.493 e. The highest BCUT2D eigenvalue weighted by molar-refractivity contribution is 14.0. The molecule has 2 aromatic rings. The molecule has 1 atom stereocenters. The van der Waals surface area contributed by atoms with E-state index < -0.39 is 0 Å². The Kier molecular flexibility index (Phi) is 10.1. The van der Waals surface area contributed by atoms with Crippen molar-refractivity contribution >= 4 is 35.8 Å². The molecule has 1 aromatic heterocycles. The summed E-state index contributed by atoms with van der Waals surface area (Å²) in [5.41, 5.74) is 1.03.